The Kier molecular flexibility index (Phi) is 6.14. The van der Waals surface area contributed by atoms with Crippen molar-refractivity contribution in [1.82, 2.24) is 4.31 Å². The van der Waals surface area contributed by atoms with Crippen molar-refractivity contribution in [2.24, 2.45) is 0 Å². The number of sulfonamides is 1. The average Bonchev–Trinajstić information content (AvgIpc) is 3.31. The number of benzene rings is 2. The van der Waals surface area contributed by atoms with Gasteiger partial charge in [-0.05, 0) is 53.6 Å². The van der Waals surface area contributed by atoms with Gasteiger partial charge in [0.15, 0.2) is 0 Å². The Morgan fingerprint density at radius 2 is 1.84 bits per heavy atom. The molecule has 0 bridgehead atoms. The molecule has 32 heavy (non-hydrogen) atoms. The summed E-state index contributed by atoms with van der Waals surface area (Å²) in [6.07, 6.45) is 0.626. The third kappa shape index (κ3) is 4.19. The van der Waals surface area contributed by atoms with Crippen molar-refractivity contribution >= 4 is 38.9 Å². The van der Waals surface area contributed by atoms with E-state index in [1.165, 1.54) is 23.5 Å². The first-order valence-corrected chi connectivity index (χ1v) is 12.3. The number of rotatable bonds is 5. The third-order valence-electron chi connectivity index (χ3n) is 5.46. The highest BCUT2D eigenvalue weighted by Crippen LogP contribution is 2.30. The van der Waals surface area contributed by atoms with Crippen molar-refractivity contribution in [1.29, 1.82) is 0 Å². The molecular weight excluding hydrogens is 448 g/mol. The fourth-order valence-electron chi connectivity index (χ4n) is 3.66. The van der Waals surface area contributed by atoms with E-state index >= 15 is 0 Å². The van der Waals surface area contributed by atoms with Gasteiger partial charge in [0.2, 0.25) is 10.0 Å². The number of nitrogens with zero attached hydrogens (tertiary/aromatic N) is 1. The summed E-state index contributed by atoms with van der Waals surface area (Å²) in [6, 6.07) is 14.0. The number of thiophene rings is 1. The van der Waals surface area contributed by atoms with E-state index in [1.54, 1.807) is 24.4 Å². The second-order valence-corrected chi connectivity index (χ2v) is 10.3. The zero-order valence-electron chi connectivity index (χ0n) is 17.6. The number of nitrogens with one attached hydrogen (secondary N) is 1. The van der Waals surface area contributed by atoms with Crippen LogP contribution in [-0.2, 0) is 27.7 Å². The van der Waals surface area contributed by atoms with Gasteiger partial charge in [-0.15, -0.1) is 11.3 Å². The minimum absolute atomic E-state index is 0.0128. The summed E-state index contributed by atoms with van der Waals surface area (Å²) in [5, 5.41) is 4.34. The number of methoxy groups -OCH3 is 1. The molecule has 1 aromatic heterocycles. The number of esters is 1. The van der Waals surface area contributed by atoms with E-state index in [1.807, 2.05) is 24.3 Å². The molecule has 1 aliphatic rings. The summed E-state index contributed by atoms with van der Waals surface area (Å²) in [4.78, 5) is 24.9. The molecule has 0 saturated heterocycles. The molecule has 0 spiro atoms. The lowest BCUT2D eigenvalue weighted by molar-refractivity contribution is 0.0600. The van der Waals surface area contributed by atoms with Crippen molar-refractivity contribution in [2.75, 3.05) is 19.0 Å². The zero-order chi connectivity index (χ0) is 22.9. The van der Waals surface area contributed by atoms with Crippen LogP contribution in [0, 0.1) is 6.92 Å². The smallest absolute Gasteiger partial charge is 0.337 e. The zero-order valence-corrected chi connectivity index (χ0v) is 19.3. The molecule has 0 fully saturated rings. The Morgan fingerprint density at radius 3 is 2.59 bits per heavy atom. The highest BCUT2D eigenvalue weighted by Gasteiger charge is 2.32. The Balaban J connectivity index is 1.60. The van der Waals surface area contributed by atoms with Crippen LogP contribution in [0.3, 0.4) is 0 Å². The summed E-state index contributed by atoms with van der Waals surface area (Å²) in [5.41, 5.74) is 3.56. The van der Waals surface area contributed by atoms with Gasteiger partial charge in [-0.3, -0.25) is 4.79 Å². The molecule has 0 atom stereocenters. The largest absolute Gasteiger partial charge is 0.465 e. The van der Waals surface area contributed by atoms with E-state index in [0.29, 0.717) is 24.2 Å². The van der Waals surface area contributed by atoms with Gasteiger partial charge in [0.1, 0.15) is 9.77 Å². The molecule has 4 rings (SSSR count). The number of anilines is 1. The Hall–Kier alpha value is -3.01. The summed E-state index contributed by atoms with van der Waals surface area (Å²) in [6.45, 7) is 2.42. The van der Waals surface area contributed by atoms with E-state index in [2.05, 4.69) is 5.32 Å². The molecule has 1 amide bonds. The number of ether oxygens (including phenoxy) is 1. The highest BCUT2D eigenvalue weighted by molar-refractivity contribution is 7.89. The third-order valence-corrected chi connectivity index (χ3v) is 8.39. The van der Waals surface area contributed by atoms with E-state index < -0.39 is 21.9 Å². The minimum Gasteiger partial charge on any atom is -0.465 e. The van der Waals surface area contributed by atoms with Crippen LogP contribution in [0.1, 0.15) is 36.7 Å². The van der Waals surface area contributed by atoms with E-state index in [-0.39, 0.29) is 16.3 Å². The van der Waals surface area contributed by atoms with Crippen molar-refractivity contribution in [3.8, 4) is 0 Å². The van der Waals surface area contributed by atoms with Crippen LogP contribution in [-0.4, -0.2) is 38.3 Å². The van der Waals surface area contributed by atoms with Gasteiger partial charge in [-0.1, -0.05) is 30.3 Å². The average molecular weight is 471 g/mol. The van der Waals surface area contributed by atoms with Crippen LogP contribution in [0.2, 0.25) is 0 Å². The van der Waals surface area contributed by atoms with Crippen molar-refractivity contribution < 1.29 is 22.7 Å². The standard InChI is InChI=1S/C23H22N2O5S2/c1-15-7-8-17(23(27)30-2)13-19(15)24-22(26)21-20(10-12-31-21)32(28,29)25-11-9-16-5-3-4-6-18(16)14-25/h3-8,10,12-13H,9,11,14H2,1-2H3,(H,24,26). The fourth-order valence-corrected chi connectivity index (χ4v) is 6.38. The number of fused-ring (bicyclic) bond motifs is 1. The van der Waals surface area contributed by atoms with Crippen LogP contribution < -0.4 is 5.32 Å². The van der Waals surface area contributed by atoms with Crippen LogP contribution in [0.4, 0.5) is 5.69 Å². The van der Waals surface area contributed by atoms with Gasteiger partial charge in [-0.2, -0.15) is 4.31 Å². The van der Waals surface area contributed by atoms with Gasteiger partial charge in [0, 0.05) is 18.8 Å². The predicted octanol–water partition coefficient (Wildman–Crippen LogP) is 3.84. The lowest BCUT2D eigenvalue weighted by atomic mass is 10.0. The second kappa shape index (κ2) is 8.85. The van der Waals surface area contributed by atoms with Crippen LogP contribution >= 0.6 is 11.3 Å². The Morgan fingerprint density at radius 1 is 1.09 bits per heavy atom. The van der Waals surface area contributed by atoms with E-state index in [0.717, 1.165) is 28.0 Å². The van der Waals surface area contributed by atoms with Gasteiger partial charge < -0.3 is 10.1 Å². The number of carbonyl (C=O) groups excluding carboxylic acids is 2. The van der Waals surface area contributed by atoms with Crippen LogP contribution in [0.25, 0.3) is 0 Å². The molecule has 166 valence electrons. The number of carbonyl (C=O) groups is 2. The first kappa shape index (κ1) is 22.2. The number of hydrogen-bond acceptors (Lipinski definition) is 6. The lowest BCUT2D eigenvalue weighted by Crippen LogP contribution is -2.36. The quantitative estimate of drug-likeness (QED) is 0.572. The number of hydrogen-bond donors (Lipinski definition) is 1. The Labute approximate surface area is 190 Å². The first-order valence-electron chi connectivity index (χ1n) is 9.96. The first-order chi connectivity index (χ1) is 15.3. The maximum absolute atomic E-state index is 13.4. The maximum Gasteiger partial charge on any atom is 0.337 e. The van der Waals surface area contributed by atoms with Gasteiger partial charge >= 0.3 is 5.97 Å². The molecule has 1 aliphatic heterocycles. The molecule has 7 nitrogen and oxygen atoms in total. The summed E-state index contributed by atoms with van der Waals surface area (Å²) < 4.78 is 32.9. The molecular formula is C23H22N2O5S2. The monoisotopic (exact) mass is 470 g/mol. The Bertz CT molecular complexity index is 1300. The minimum atomic E-state index is -3.86. The van der Waals surface area contributed by atoms with Crippen LogP contribution in [0.5, 0.6) is 0 Å². The summed E-state index contributed by atoms with van der Waals surface area (Å²) in [5.74, 6) is -1.06. The summed E-state index contributed by atoms with van der Waals surface area (Å²) >= 11 is 1.06. The van der Waals surface area contributed by atoms with E-state index in [4.69, 9.17) is 4.74 Å². The molecule has 2 aromatic carbocycles. The van der Waals surface area contributed by atoms with Crippen LogP contribution in [0.15, 0.2) is 58.8 Å². The molecule has 3 aromatic rings. The van der Waals surface area contributed by atoms with E-state index in [9.17, 15) is 18.0 Å². The van der Waals surface area contributed by atoms with Gasteiger partial charge in [-0.25, -0.2) is 13.2 Å². The molecule has 1 N–H and O–H groups in total. The lowest BCUT2D eigenvalue weighted by Gasteiger charge is -2.28. The molecule has 0 unspecified atom stereocenters. The predicted molar refractivity (Wildman–Crippen MR) is 123 cm³/mol. The molecule has 0 aliphatic carbocycles. The van der Waals surface area contributed by atoms with Crippen molar-refractivity contribution in [3.05, 3.63) is 81.0 Å². The maximum atomic E-state index is 13.4. The van der Waals surface area contributed by atoms with Gasteiger partial charge in [0.05, 0.1) is 12.7 Å². The number of aryl methyl sites for hydroxylation is 1. The normalized spacial score (nSPS) is 13.9. The topological polar surface area (TPSA) is 92.8 Å². The van der Waals surface area contributed by atoms with Gasteiger partial charge in [0.25, 0.3) is 5.91 Å². The molecule has 9 heteroatoms. The van der Waals surface area contributed by atoms with Crippen molar-refractivity contribution in [2.45, 2.75) is 24.8 Å². The number of amides is 1. The molecule has 2 heterocycles. The molecule has 0 radical (unpaired) electrons. The SMILES string of the molecule is COC(=O)c1ccc(C)c(NC(=O)c2sccc2S(=O)(=O)N2CCc3ccccc3C2)c1. The highest BCUT2D eigenvalue weighted by atomic mass is 32.2. The fraction of sp³-hybridized carbons (Fsp3) is 0.217. The second-order valence-electron chi connectivity index (χ2n) is 7.45. The summed E-state index contributed by atoms with van der Waals surface area (Å²) in [7, 11) is -2.58. The van der Waals surface area contributed by atoms with Crippen molar-refractivity contribution in [3.63, 3.8) is 0 Å². The molecule has 0 saturated carbocycles.